The van der Waals surface area contributed by atoms with Gasteiger partial charge in [-0.05, 0) is 36.8 Å². The van der Waals surface area contributed by atoms with Crippen LogP contribution in [0, 0.1) is 6.92 Å². The maximum absolute atomic E-state index is 6.00. The molecule has 3 rings (SSSR count). The lowest BCUT2D eigenvalue weighted by molar-refractivity contribution is 0.298. The average Bonchev–Trinajstić information content (AvgIpc) is 2.86. The number of halogens is 1. The zero-order chi connectivity index (χ0) is 14.7. The van der Waals surface area contributed by atoms with E-state index >= 15 is 0 Å². The van der Waals surface area contributed by atoms with Crippen LogP contribution in [0.15, 0.2) is 48.5 Å². The summed E-state index contributed by atoms with van der Waals surface area (Å²) in [6.45, 7) is 3.38. The minimum Gasteiger partial charge on any atom is -0.492 e. The van der Waals surface area contributed by atoms with E-state index in [0.717, 1.165) is 29.2 Å². The highest BCUT2D eigenvalue weighted by atomic mass is 35.5. The number of para-hydroxylation sites is 2. The molecule has 0 fully saturated rings. The summed E-state index contributed by atoms with van der Waals surface area (Å²) in [7, 11) is 0. The smallest absolute Gasteiger partial charge is 0.124 e. The molecule has 4 heteroatoms. The number of hydrogen-bond acceptors (Lipinski definition) is 2. The third-order valence-corrected chi connectivity index (χ3v) is 3.67. The third-order valence-electron chi connectivity index (χ3n) is 3.43. The monoisotopic (exact) mass is 300 g/mol. The largest absolute Gasteiger partial charge is 0.492 e. The van der Waals surface area contributed by atoms with Gasteiger partial charge in [0, 0.05) is 0 Å². The summed E-state index contributed by atoms with van der Waals surface area (Å²) in [5.74, 6) is 2.18. The molecule has 0 aliphatic heterocycles. The molecule has 0 saturated carbocycles. The van der Waals surface area contributed by atoms with Gasteiger partial charge in [-0.15, -0.1) is 11.6 Å². The molecule has 0 saturated heterocycles. The van der Waals surface area contributed by atoms with E-state index in [1.165, 1.54) is 5.56 Å². The van der Waals surface area contributed by atoms with Gasteiger partial charge in [0.05, 0.1) is 23.5 Å². The fourth-order valence-electron chi connectivity index (χ4n) is 2.44. The van der Waals surface area contributed by atoms with Crippen molar-refractivity contribution >= 4 is 22.6 Å². The maximum atomic E-state index is 6.00. The Hall–Kier alpha value is -2.00. The fraction of sp³-hybridized carbons (Fsp3) is 0.235. The quantitative estimate of drug-likeness (QED) is 0.662. The second-order valence-corrected chi connectivity index (χ2v) is 5.23. The van der Waals surface area contributed by atoms with Crippen LogP contribution in [0.2, 0.25) is 0 Å². The number of alkyl halides is 1. The van der Waals surface area contributed by atoms with E-state index in [1.54, 1.807) is 0 Å². The molecule has 0 N–H and O–H groups in total. The maximum Gasteiger partial charge on any atom is 0.124 e. The summed E-state index contributed by atoms with van der Waals surface area (Å²) >= 11 is 6.00. The van der Waals surface area contributed by atoms with Gasteiger partial charge in [0.25, 0.3) is 0 Å². The van der Waals surface area contributed by atoms with Gasteiger partial charge in [-0.1, -0.05) is 24.3 Å². The lowest BCUT2D eigenvalue weighted by atomic mass is 10.2. The lowest BCUT2D eigenvalue weighted by Crippen LogP contribution is -2.10. The van der Waals surface area contributed by atoms with Crippen LogP contribution in [0.1, 0.15) is 11.4 Å². The van der Waals surface area contributed by atoms with Crippen LogP contribution in [0.3, 0.4) is 0 Å². The van der Waals surface area contributed by atoms with Crippen molar-refractivity contribution in [1.29, 1.82) is 0 Å². The SMILES string of the molecule is Cc1cccc(OCCn2c(CCl)nc3ccccc32)c1. The standard InChI is InChI=1S/C17H17ClN2O/c1-13-5-4-6-14(11-13)21-10-9-20-16-8-3-2-7-15(16)19-17(20)12-18/h2-8,11H,9-10,12H2,1H3. The number of benzene rings is 2. The van der Waals surface area contributed by atoms with Crippen LogP contribution < -0.4 is 4.74 Å². The molecule has 0 radical (unpaired) electrons. The molecule has 1 aromatic heterocycles. The summed E-state index contributed by atoms with van der Waals surface area (Å²) < 4.78 is 7.94. The number of aryl methyl sites for hydroxylation is 1. The highest BCUT2D eigenvalue weighted by Crippen LogP contribution is 2.18. The van der Waals surface area contributed by atoms with Crippen LogP contribution in [0.25, 0.3) is 11.0 Å². The van der Waals surface area contributed by atoms with Crippen LogP contribution >= 0.6 is 11.6 Å². The number of imidazole rings is 1. The van der Waals surface area contributed by atoms with Gasteiger partial charge in [-0.2, -0.15) is 0 Å². The van der Waals surface area contributed by atoms with E-state index in [2.05, 4.69) is 28.6 Å². The molecule has 0 bridgehead atoms. The van der Waals surface area contributed by atoms with Crippen LogP contribution in [0.4, 0.5) is 0 Å². The Morgan fingerprint density at radius 3 is 2.81 bits per heavy atom. The normalized spacial score (nSPS) is 11.0. The number of rotatable bonds is 5. The van der Waals surface area contributed by atoms with E-state index in [4.69, 9.17) is 16.3 Å². The van der Waals surface area contributed by atoms with Gasteiger partial charge in [0.1, 0.15) is 18.2 Å². The molecule has 0 aliphatic carbocycles. The second kappa shape index (κ2) is 6.19. The van der Waals surface area contributed by atoms with Gasteiger partial charge in [-0.3, -0.25) is 0 Å². The van der Waals surface area contributed by atoms with E-state index < -0.39 is 0 Å². The Morgan fingerprint density at radius 2 is 2.00 bits per heavy atom. The van der Waals surface area contributed by atoms with Crippen molar-refractivity contribution < 1.29 is 4.74 Å². The molecule has 0 amide bonds. The van der Waals surface area contributed by atoms with Crippen molar-refractivity contribution in [3.8, 4) is 5.75 Å². The van der Waals surface area contributed by atoms with Crippen LogP contribution in [0.5, 0.6) is 5.75 Å². The number of nitrogens with zero attached hydrogens (tertiary/aromatic N) is 2. The molecule has 0 atom stereocenters. The molecule has 0 aliphatic rings. The van der Waals surface area contributed by atoms with Crippen LogP contribution in [-0.4, -0.2) is 16.2 Å². The number of hydrogen-bond donors (Lipinski definition) is 0. The van der Waals surface area contributed by atoms with Crippen molar-refractivity contribution in [3.05, 3.63) is 59.9 Å². The molecule has 2 aromatic carbocycles. The molecule has 108 valence electrons. The van der Waals surface area contributed by atoms with Gasteiger partial charge < -0.3 is 9.30 Å². The molecule has 3 aromatic rings. The van der Waals surface area contributed by atoms with E-state index in [9.17, 15) is 0 Å². The van der Waals surface area contributed by atoms with Gasteiger partial charge in [-0.25, -0.2) is 4.98 Å². The molecule has 1 heterocycles. The van der Waals surface area contributed by atoms with E-state index in [-0.39, 0.29) is 0 Å². The lowest BCUT2D eigenvalue weighted by Gasteiger charge is -2.10. The van der Waals surface area contributed by atoms with Crippen molar-refractivity contribution in [2.24, 2.45) is 0 Å². The number of fused-ring (bicyclic) bond motifs is 1. The van der Waals surface area contributed by atoms with Crippen molar-refractivity contribution in [1.82, 2.24) is 9.55 Å². The van der Waals surface area contributed by atoms with Gasteiger partial charge >= 0.3 is 0 Å². The molecule has 0 unspecified atom stereocenters. The highest BCUT2D eigenvalue weighted by Gasteiger charge is 2.09. The van der Waals surface area contributed by atoms with Crippen molar-refractivity contribution in [2.45, 2.75) is 19.3 Å². The van der Waals surface area contributed by atoms with Crippen molar-refractivity contribution in [3.63, 3.8) is 0 Å². The Bertz CT molecular complexity index is 751. The first-order valence-corrected chi connectivity index (χ1v) is 7.51. The molecule has 21 heavy (non-hydrogen) atoms. The third kappa shape index (κ3) is 3.03. The zero-order valence-electron chi connectivity index (χ0n) is 11.9. The second-order valence-electron chi connectivity index (χ2n) is 4.97. The molecule has 3 nitrogen and oxygen atoms in total. The first-order chi connectivity index (χ1) is 10.3. The van der Waals surface area contributed by atoms with E-state index in [0.29, 0.717) is 12.5 Å². The average molecular weight is 301 g/mol. The summed E-state index contributed by atoms with van der Waals surface area (Å²) in [4.78, 5) is 4.55. The van der Waals surface area contributed by atoms with E-state index in [1.807, 2.05) is 36.4 Å². The zero-order valence-corrected chi connectivity index (χ0v) is 12.7. The van der Waals surface area contributed by atoms with Crippen molar-refractivity contribution in [2.75, 3.05) is 6.61 Å². The summed E-state index contributed by atoms with van der Waals surface area (Å²) in [5, 5.41) is 0. The van der Waals surface area contributed by atoms with Gasteiger partial charge in [0.2, 0.25) is 0 Å². The minimum absolute atomic E-state index is 0.402. The Kier molecular flexibility index (Phi) is 4.11. The summed E-state index contributed by atoms with van der Waals surface area (Å²) in [5.41, 5.74) is 3.27. The molecular formula is C17H17ClN2O. The predicted molar refractivity (Wildman–Crippen MR) is 86.0 cm³/mol. The first-order valence-electron chi connectivity index (χ1n) is 6.97. The molecule has 0 spiro atoms. The molecular weight excluding hydrogens is 284 g/mol. The highest BCUT2D eigenvalue weighted by molar-refractivity contribution is 6.16. The van der Waals surface area contributed by atoms with Crippen LogP contribution in [-0.2, 0) is 12.4 Å². The van der Waals surface area contributed by atoms with Gasteiger partial charge in [0.15, 0.2) is 0 Å². The number of ether oxygens (including phenoxy) is 1. The fourth-order valence-corrected chi connectivity index (χ4v) is 2.64. The summed E-state index contributed by atoms with van der Waals surface area (Å²) in [6.07, 6.45) is 0. The predicted octanol–water partition coefficient (Wildman–Crippen LogP) is 4.16. The summed E-state index contributed by atoms with van der Waals surface area (Å²) in [6, 6.07) is 16.1. The Morgan fingerprint density at radius 1 is 1.14 bits per heavy atom. The Labute approximate surface area is 129 Å². The minimum atomic E-state index is 0.402. The number of aromatic nitrogens is 2. The first kappa shape index (κ1) is 14.0. The Balaban J connectivity index is 1.75. The topological polar surface area (TPSA) is 27.1 Å².